The van der Waals surface area contributed by atoms with Gasteiger partial charge in [-0.25, -0.2) is 0 Å². The molecule has 6 nitrogen and oxygen atoms in total. The molecule has 9 aliphatic rings. The molecule has 0 aromatic heterocycles. The summed E-state index contributed by atoms with van der Waals surface area (Å²) in [6, 6.07) is 0. The van der Waals surface area contributed by atoms with Crippen molar-refractivity contribution in [3.05, 3.63) is 0 Å². The van der Waals surface area contributed by atoms with Gasteiger partial charge in [0.2, 0.25) is 0 Å². The van der Waals surface area contributed by atoms with Gasteiger partial charge in [-0.2, -0.15) is 0 Å². The maximum atomic E-state index is 14.1. The Hall–Kier alpha value is -1.59. The van der Waals surface area contributed by atoms with Crippen LogP contribution in [-0.2, 0) is 28.6 Å². The molecule has 9 rings (SSSR count). The van der Waals surface area contributed by atoms with E-state index in [0.717, 1.165) is 18.3 Å². The fourth-order valence-corrected chi connectivity index (χ4v) is 12.0. The molecule has 8 aliphatic carbocycles. The number of ether oxygens (including phenoxy) is 3. The predicted molar refractivity (Wildman–Crippen MR) is 128 cm³/mol. The van der Waals surface area contributed by atoms with Gasteiger partial charge in [-0.15, -0.1) is 0 Å². The van der Waals surface area contributed by atoms with Crippen LogP contribution < -0.4 is 0 Å². The van der Waals surface area contributed by atoms with Gasteiger partial charge in [-0.05, 0) is 116 Å². The molecule has 11 unspecified atom stereocenters. The highest BCUT2D eigenvalue weighted by molar-refractivity contribution is 5.84. The largest absolute Gasteiger partial charge is 0.462 e. The van der Waals surface area contributed by atoms with E-state index in [2.05, 4.69) is 13.8 Å². The highest BCUT2D eigenvalue weighted by Crippen LogP contribution is 2.73. The summed E-state index contributed by atoms with van der Waals surface area (Å²) in [5, 5.41) is 0. The van der Waals surface area contributed by atoms with Crippen LogP contribution in [0.15, 0.2) is 0 Å². The van der Waals surface area contributed by atoms with Crippen molar-refractivity contribution in [2.24, 2.45) is 82.9 Å². The molecular weight excluding hydrogens is 456 g/mol. The van der Waals surface area contributed by atoms with E-state index in [1.807, 2.05) is 0 Å². The molecule has 1 heterocycles. The van der Waals surface area contributed by atoms with Crippen LogP contribution in [0, 0.1) is 82.9 Å². The van der Waals surface area contributed by atoms with Gasteiger partial charge in [-0.1, -0.05) is 13.8 Å². The van der Waals surface area contributed by atoms with Gasteiger partial charge in [0.05, 0.1) is 18.3 Å². The Labute approximate surface area is 213 Å². The number of esters is 3. The van der Waals surface area contributed by atoms with Crippen LogP contribution in [0.25, 0.3) is 0 Å². The van der Waals surface area contributed by atoms with Crippen LogP contribution in [0.5, 0.6) is 0 Å². The van der Waals surface area contributed by atoms with Crippen LogP contribution in [0.4, 0.5) is 0 Å². The summed E-state index contributed by atoms with van der Waals surface area (Å²) in [7, 11) is 0. The second-order valence-electron chi connectivity index (χ2n) is 14.3. The summed E-state index contributed by atoms with van der Waals surface area (Å²) in [6.07, 6.45) is 8.12. The summed E-state index contributed by atoms with van der Waals surface area (Å²) < 4.78 is 17.4. The van der Waals surface area contributed by atoms with Crippen molar-refractivity contribution in [1.82, 2.24) is 0 Å². The second-order valence-corrected chi connectivity index (χ2v) is 14.3. The molecule has 0 amide bonds. The smallest absolute Gasteiger partial charge is 0.310 e. The molecule has 1 aliphatic heterocycles. The average molecular weight is 497 g/mol. The number of carbonyl (C=O) groups excluding carboxylic acids is 3. The van der Waals surface area contributed by atoms with Gasteiger partial charge in [0.25, 0.3) is 0 Å². The van der Waals surface area contributed by atoms with Gasteiger partial charge in [0.1, 0.15) is 18.8 Å². The lowest BCUT2D eigenvalue weighted by molar-refractivity contribution is -0.186. The lowest BCUT2D eigenvalue weighted by atomic mass is 9.55. The van der Waals surface area contributed by atoms with E-state index in [4.69, 9.17) is 14.2 Å². The molecule has 0 aromatic rings. The van der Waals surface area contributed by atoms with E-state index in [1.165, 1.54) is 38.5 Å². The quantitative estimate of drug-likeness (QED) is 0.329. The second kappa shape index (κ2) is 7.72. The molecule has 9 fully saturated rings. The molecule has 196 valence electrons. The van der Waals surface area contributed by atoms with E-state index in [-0.39, 0.29) is 54.8 Å². The summed E-state index contributed by atoms with van der Waals surface area (Å²) in [5.74, 6) is 5.50. The molecule has 6 heteroatoms. The lowest BCUT2D eigenvalue weighted by Crippen LogP contribution is -2.52. The maximum Gasteiger partial charge on any atom is 0.310 e. The van der Waals surface area contributed by atoms with Crippen LogP contribution >= 0.6 is 0 Å². The van der Waals surface area contributed by atoms with Crippen LogP contribution in [0.1, 0.15) is 65.2 Å². The minimum Gasteiger partial charge on any atom is -0.462 e. The molecule has 8 saturated carbocycles. The maximum absolute atomic E-state index is 14.1. The van der Waals surface area contributed by atoms with E-state index in [1.54, 1.807) is 0 Å². The number of hydrogen-bond acceptors (Lipinski definition) is 6. The molecular formula is C30H40O6. The highest BCUT2D eigenvalue weighted by atomic mass is 16.6. The number of hydrogen-bond donors (Lipinski definition) is 0. The van der Waals surface area contributed by atoms with Gasteiger partial charge in [0, 0.05) is 0 Å². The van der Waals surface area contributed by atoms with Crippen LogP contribution in [0.2, 0.25) is 0 Å². The first-order chi connectivity index (χ1) is 17.4. The molecule has 0 aromatic carbocycles. The summed E-state index contributed by atoms with van der Waals surface area (Å²) in [6.45, 7) is 4.94. The molecule has 0 spiro atoms. The molecule has 11 atom stereocenters. The van der Waals surface area contributed by atoms with E-state index in [9.17, 15) is 14.4 Å². The van der Waals surface area contributed by atoms with E-state index in [0.29, 0.717) is 47.3 Å². The Kier molecular flexibility index (Phi) is 4.81. The summed E-state index contributed by atoms with van der Waals surface area (Å²) >= 11 is 0. The monoisotopic (exact) mass is 496 g/mol. The summed E-state index contributed by atoms with van der Waals surface area (Å²) in [5.41, 5.74) is 0. The van der Waals surface area contributed by atoms with E-state index < -0.39 is 12.0 Å². The third-order valence-electron chi connectivity index (χ3n) is 13.0. The van der Waals surface area contributed by atoms with Crippen LogP contribution in [-0.4, -0.2) is 36.7 Å². The van der Waals surface area contributed by atoms with Crippen molar-refractivity contribution in [1.29, 1.82) is 0 Å². The first-order valence-corrected chi connectivity index (χ1v) is 14.9. The Morgan fingerprint density at radius 3 is 1.78 bits per heavy atom. The minimum absolute atomic E-state index is 0.0525. The molecule has 8 bridgehead atoms. The van der Waals surface area contributed by atoms with Crippen molar-refractivity contribution in [3.8, 4) is 0 Å². The highest BCUT2D eigenvalue weighted by Gasteiger charge is 2.71. The third kappa shape index (κ3) is 2.99. The molecule has 0 N–H and O–H groups in total. The lowest BCUT2D eigenvalue weighted by Gasteiger charge is -2.54. The van der Waals surface area contributed by atoms with Gasteiger partial charge >= 0.3 is 17.9 Å². The zero-order valence-corrected chi connectivity index (χ0v) is 21.6. The zero-order chi connectivity index (χ0) is 24.5. The Bertz CT molecular complexity index is 962. The number of cyclic esters (lactones) is 1. The zero-order valence-electron chi connectivity index (χ0n) is 21.6. The Morgan fingerprint density at radius 1 is 0.722 bits per heavy atom. The minimum atomic E-state index is -0.514. The average Bonchev–Trinajstić information content (AvgIpc) is 3.63. The fraction of sp³-hybridized carbons (Fsp3) is 0.900. The van der Waals surface area contributed by atoms with Crippen molar-refractivity contribution < 1.29 is 28.6 Å². The van der Waals surface area contributed by atoms with Crippen molar-refractivity contribution in [2.75, 3.05) is 6.61 Å². The van der Waals surface area contributed by atoms with Crippen LogP contribution in [0.3, 0.4) is 0 Å². The Morgan fingerprint density at radius 2 is 1.25 bits per heavy atom. The first kappa shape index (κ1) is 22.4. The summed E-state index contributed by atoms with van der Waals surface area (Å²) in [4.78, 5) is 39.4. The Balaban J connectivity index is 1.07. The van der Waals surface area contributed by atoms with Gasteiger partial charge in [0.15, 0.2) is 0 Å². The topological polar surface area (TPSA) is 78.9 Å². The molecule has 1 saturated heterocycles. The van der Waals surface area contributed by atoms with Crippen molar-refractivity contribution in [3.63, 3.8) is 0 Å². The fourth-order valence-electron chi connectivity index (χ4n) is 12.0. The molecule has 36 heavy (non-hydrogen) atoms. The number of carbonyl (C=O) groups is 3. The van der Waals surface area contributed by atoms with Gasteiger partial charge < -0.3 is 14.2 Å². The normalized spacial score (nSPS) is 57.2. The van der Waals surface area contributed by atoms with Gasteiger partial charge in [-0.3, -0.25) is 14.4 Å². The van der Waals surface area contributed by atoms with Crippen molar-refractivity contribution >= 4 is 17.9 Å². The van der Waals surface area contributed by atoms with E-state index >= 15 is 0 Å². The van der Waals surface area contributed by atoms with Crippen molar-refractivity contribution in [2.45, 2.75) is 77.4 Å². The molecule has 0 radical (unpaired) electrons. The predicted octanol–water partition coefficient (Wildman–Crippen LogP) is 4.25. The number of rotatable bonds is 4. The third-order valence-corrected chi connectivity index (χ3v) is 13.0. The first-order valence-electron chi connectivity index (χ1n) is 14.9. The number of fused-ring (bicyclic) bond motifs is 9. The standard InChI is InChI=1S/C30H40O6/c1-12-13(2)20-9-19(12)24-21-10-22(25(20)24)27(26(21)29(32)35-18-8-23(31)34-11-18)30(33)36-28-16-4-14-3-15(6-16)7-17(28)5-14/h12-22,24-28H,3-11H2,1-2H3. The SMILES string of the molecule is CC1C(C)C2CC1C1C3CC(C(C(=O)OC4C5CC6CC(C5)CC4C6)C3C(=O)OC3COC(=O)C3)C21.